The van der Waals surface area contributed by atoms with Crippen LogP contribution in [0, 0.1) is 29.1 Å². The maximum Gasteiger partial charge on any atom is 0.432 e. The molecule has 0 spiro atoms. The minimum Gasteiger partial charge on any atom is -0.429 e. The molecule has 0 radical (unpaired) electrons. The van der Waals surface area contributed by atoms with Crippen molar-refractivity contribution in [2.24, 2.45) is 0 Å². The maximum absolute atomic E-state index is 15.2. The summed E-state index contributed by atoms with van der Waals surface area (Å²) < 4.78 is 144. The molecule has 0 aliphatic carbocycles. The Kier molecular flexibility index (Phi) is 8.82. The lowest BCUT2D eigenvalue weighted by atomic mass is 9.97. The van der Waals surface area contributed by atoms with Gasteiger partial charge in [-0.25, -0.2) is 22.0 Å². The van der Waals surface area contributed by atoms with E-state index in [0.29, 0.717) is 23.3 Å². The molecule has 0 saturated carbocycles. The number of alkyl halides is 5. The standard InChI is InChI=1S/C30H19ClF10O/c1-2-3-4-15-5-7-16(8-6-15)17-9-20(31)26(21(32)10-17)18-11-22(33)28(23(34)12-18)30(40,41)42-19-13-24(35)27(25(36)14-19)29(37,38)39/h5-14H,2-4H2,1H3. The largest absolute Gasteiger partial charge is 0.432 e. The van der Waals surface area contributed by atoms with Crippen LogP contribution in [0.1, 0.15) is 36.5 Å². The van der Waals surface area contributed by atoms with Crippen LogP contribution in [-0.4, -0.2) is 0 Å². The zero-order valence-electron chi connectivity index (χ0n) is 21.5. The van der Waals surface area contributed by atoms with Crippen molar-refractivity contribution < 1.29 is 48.6 Å². The van der Waals surface area contributed by atoms with Gasteiger partial charge in [0.05, 0.1) is 5.02 Å². The minimum absolute atomic E-state index is 0.209. The van der Waals surface area contributed by atoms with Crippen LogP contribution in [0.2, 0.25) is 5.02 Å². The fourth-order valence-electron chi connectivity index (χ4n) is 4.33. The fraction of sp³-hybridized carbons (Fsp3) is 0.200. The molecule has 0 saturated heterocycles. The van der Waals surface area contributed by atoms with E-state index >= 15 is 4.39 Å². The summed E-state index contributed by atoms with van der Waals surface area (Å²) in [4.78, 5) is 0. The molecule has 12 heteroatoms. The molecule has 0 N–H and O–H groups in total. The van der Waals surface area contributed by atoms with Gasteiger partial charge < -0.3 is 4.74 Å². The van der Waals surface area contributed by atoms with Crippen molar-refractivity contribution in [2.75, 3.05) is 0 Å². The van der Waals surface area contributed by atoms with Gasteiger partial charge in [-0.2, -0.15) is 22.0 Å². The Hall–Kier alpha value is -3.73. The fourth-order valence-corrected chi connectivity index (χ4v) is 4.65. The Morgan fingerprint density at radius 1 is 0.643 bits per heavy atom. The van der Waals surface area contributed by atoms with Crippen molar-refractivity contribution in [3.63, 3.8) is 0 Å². The predicted molar refractivity (Wildman–Crippen MR) is 137 cm³/mol. The summed E-state index contributed by atoms with van der Waals surface area (Å²) in [5.41, 5.74) is -3.44. The first-order valence-electron chi connectivity index (χ1n) is 12.3. The highest BCUT2D eigenvalue weighted by Crippen LogP contribution is 2.42. The third kappa shape index (κ3) is 6.51. The molecular formula is C30H19ClF10O. The number of rotatable bonds is 8. The number of hydrogen-bond donors (Lipinski definition) is 0. The smallest absolute Gasteiger partial charge is 0.429 e. The number of hydrogen-bond acceptors (Lipinski definition) is 1. The molecule has 222 valence electrons. The minimum atomic E-state index is -5.49. The van der Waals surface area contributed by atoms with Gasteiger partial charge in [0.25, 0.3) is 0 Å². The number of unbranched alkanes of at least 4 members (excludes halogenated alkanes) is 1. The normalized spacial score (nSPS) is 12.1. The van der Waals surface area contributed by atoms with Gasteiger partial charge in [-0.05, 0) is 59.4 Å². The molecule has 0 aliphatic heterocycles. The first kappa shape index (κ1) is 31.2. The van der Waals surface area contributed by atoms with E-state index in [1.807, 2.05) is 12.1 Å². The molecule has 0 aromatic heterocycles. The van der Waals surface area contributed by atoms with Gasteiger partial charge in [0, 0.05) is 17.7 Å². The van der Waals surface area contributed by atoms with Crippen LogP contribution in [0.5, 0.6) is 5.75 Å². The molecule has 0 unspecified atom stereocenters. The van der Waals surface area contributed by atoms with Crippen LogP contribution in [-0.2, 0) is 18.7 Å². The molecule has 0 bridgehead atoms. The van der Waals surface area contributed by atoms with Gasteiger partial charge in [-0.15, -0.1) is 0 Å². The molecule has 4 rings (SSSR count). The Morgan fingerprint density at radius 3 is 1.67 bits per heavy atom. The summed E-state index contributed by atoms with van der Waals surface area (Å²) in [5, 5.41) is -0.287. The van der Waals surface area contributed by atoms with Crippen molar-refractivity contribution in [3.05, 3.63) is 111 Å². The van der Waals surface area contributed by atoms with Crippen LogP contribution < -0.4 is 4.74 Å². The number of benzene rings is 4. The number of ether oxygens (including phenoxy) is 1. The second-order valence-corrected chi connectivity index (χ2v) is 9.72. The topological polar surface area (TPSA) is 9.23 Å². The predicted octanol–water partition coefficient (Wildman–Crippen LogP) is 10.9. The molecule has 4 aromatic carbocycles. The average molecular weight is 621 g/mol. The number of halogens is 11. The monoisotopic (exact) mass is 620 g/mol. The van der Waals surface area contributed by atoms with E-state index in [1.165, 1.54) is 6.07 Å². The van der Waals surface area contributed by atoms with Gasteiger partial charge in [-0.3, -0.25) is 0 Å². The van der Waals surface area contributed by atoms with Crippen molar-refractivity contribution >= 4 is 11.6 Å². The van der Waals surface area contributed by atoms with Gasteiger partial charge in [0.1, 0.15) is 46.0 Å². The van der Waals surface area contributed by atoms with E-state index < -0.39 is 69.4 Å². The van der Waals surface area contributed by atoms with Crippen molar-refractivity contribution in [2.45, 2.75) is 38.5 Å². The van der Waals surface area contributed by atoms with E-state index in [1.54, 1.807) is 12.1 Å². The third-order valence-electron chi connectivity index (χ3n) is 6.32. The molecule has 42 heavy (non-hydrogen) atoms. The molecule has 4 aromatic rings. The molecule has 0 amide bonds. The van der Waals surface area contributed by atoms with E-state index in [2.05, 4.69) is 11.7 Å². The van der Waals surface area contributed by atoms with Crippen LogP contribution in [0.15, 0.2) is 60.7 Å². The Labute approximate surface area is 238 Å². The van der Waals surface area contributed by atoms with Gasteiger partial charge in [0.15, 0.2) is 0 Å². The Balaban J connectivity index is 1.65. The Bertz CT molecular complexity index is 1540. The van der Waals surface area contributed by atoms with Crippen molar-refractivity contribution in [1.82, 2.24) is 0 Å². The second-order valence-electron chi connectivity index (χ2n) is 9.31. The maximum atomic E-state index is 15.2. The summed E-state index contributed by atoms with van der Waals surface area (Å²) >= 11 is 6.23. The highest BCUT2D eigenvalue weighted by molar-refractivity contribution is 6.33. The van der Waals surface area contributed by atoms with Gasteiger partial charge >= 0.3 is 12.3 Å². The molecular weight excluding hydrogens is 602 g/mol. The van der Waals surface area contributed by atoms with Crippen molar-refractivity contribution in [1.29, 1.82) is 0 Å². The zero-order chi connectivity index (χ0) is 31.0. The summed E-state index contributed by atoms with van der Waals surface area (Å²) in [7, 11) is 0. The summed E-state index contributed by atoms with van der Waals surface area (Å²) in [6.45, 7) is 2.05. The lowest BCUT2D eigenvalue weighted by molar-refractivity contribution is -0.189. The first-order chi connectivity index (χ1) is 19.6. The van der Waals surface area contributed by atoms with Crippen LogP contribution >= 0.6 is 11.6 Å². The average Bonchev–Trinajstić information content (AvgIpc) is 2.85. The van der Waals surface area contributed by atoms with Crippen LogP contribution in [0.3, 0.4) is 0 Å². The SMILES string of the molecule is CCCCc1ccc(-c2cc(F)c(-c3cc(F)c(C(F)(F)Oc4cc(F)c(C(F)(F)F)c(F)c4)c(F)c3)c(Cl)c2)cc1. The quantitative estimate of drug-likeness (QED) is 0.178. The molecule has 0 atom stereocenters. The van der Waals surface area contributed by atoms with E-state index in [9.17, 15) is 39.5 Å². The Morgan fingerprint density at radius 2 is 1.17 bits per heavy atom. The number of aryl methyl sites for hydroxylation is 1. The van der Waals surface area contributed by atoms with E-state index in [-0.39, 0.29) is 17.2 Å². The lowest BCUT2D eigenvalue weighted by Gasteiger charge is -2.21. The summed E-state index contributed by atoms with van der Waals surface area (Å²) in [6.07, 6.45) is -7.58. The zero-order valence-corrected chi connectivity index (χ0v) is 22.2. The molecule has 0 heterocycles. The highest BCUT2D eigenvalue weighted by atomic mass is 35.5. The second kappa shape index (κ2) is 11.9. The van der Waals surface area contributed by atoms with Gasteiger partial charge in [0.2, 0.25) is 0 Å². The summed E-state index contributed by atoms with van der Waals surface area (Å²) in [6, 6.07) is 9.88. The third-order valence-corrected chi connectivity index (χ3v) is 6.61. The van der Waals surface area contributed by atoms with E-state index in [0.717, 1.165) is 30.9 Å². The van der Waals surface area contributed by atoms with Crippen LogP contribution in [0.25, 0.3) is 22.3 Å². The molecule has 0 fully saturated rings. The molecule has 1 nitrogen and oxygen atoms in total. The molecule has 0 aliphatic rings. The lowest BCUT2D eigenvalue weighted by Crippen LogP contribution is -2.25. The first-order valence-corrected chi connectivity index (χ1v) is 12.7. The van der Waals surface area contributed by atoms with Crippen LogP contribution in [0.4, 0.5) is 43.9 Å². The summed E-state index contributed by atoms with van der Waals surface area (Å²) in [5.74, 6) is -11.0. The van der Waals surface area contributed by atoms with Gasteiger partial charge in [-0.1, -0.05) is 49.2 Å². The van der Waals surface area contributed by atoms with Crippen molar-refractivity contribution in [3.8, 4) is 28.0 Å². The van der Waals surface area contributed by atoms with E-state index in [4.69, 9.17) is 11.6 Å². The highest BCUT2D eigenvalue weighted by Gasteiger charge is 2.43.